The van der Waals surface area contributed by atoms with E-state index in [4.69, 9.17) is 4.74 Å². The highest BCUT2D eigenvalue weighted by atomic mass is 16.5. The second-order valence-corrected chi connectivity index (χ2v) is 7.71. The Balaban J connectivity index is 1.86. The summed E-state index contributed by atoms with van der Waals surface area (Å²) in [6.07, 6.45) is 10.3. The van der Waals surface area contributed by atoms with Crippen molar-refractivity contribution >= 4 is 17.9 Å². The standard InChI is InChI=1S/C25H26O4/c1-17(2)8-7-14-25(3)15-13-19-23(28)20(16-22(27)24(19)29-25)21(26)12-11-18-9-5-4-6-10-18/h4-6,8-13,15-16,27-28H,7,14H2,1-3H3/b12-11+. The molecule has 0 fully saturated rings. The highest BCUT2D eigenvalue weighted by molar-refractivity contribution is 6.10. The first-order valence-electron chi connectivity index (χ1n) is 9.67. The molecule has 2 aromatic rings. The zero-order valence-corrected chi connectivity index (χ0v) is 17.0. The summed E-state index contributed by atoms with van der Waals surface area (Å²) in [6, 6.07) is 10.7. The van der Waals surface area contributed by atoms with E-state index >= 15 is 0 Å². The first-order valence-corrected chi connectivity index (χ1v) is 9.67. The molecular formula is C25H26O4. The zero-order valence-electron chi connectivity index (χ0n) is 17.0. The number of fused-ring (bicyclic) bond motifs is 1. The normalized spacial score (nSPS) is 17.6. The minimum absolute atomic E-state index is 0.0369. The van der Waals surface area contributed by atoms with Crippen LogP contribution in [0, 0.1) is 0 Å². The van der Waals surface area contributed by atoms with Crippen molar-refractivity contribution in [3.8, 4) is 17.2 Å². The monoisotopic (exact) mass is 390 g/mol. The minimum atomic E-state index is -0.596. The molecular weight excluding hydrogens is 364 g/mol. The Morgan fingerprint density at radius 1 is 1.17 bits per heavy atom. The second-order valence-electron chi connectivity index (χ2n) is 7.71. The molecule has 0 spiro atoms. The van der Waals surface area contributed by atoms with Gasteiger partial charge in [0.25, 0.3) is 0 Å². The van der Waals surface area contributed by atoms with Crippen molar-refractivity contribution in [1.82, 2.24) is 0 Å². The maximum Gasteiger partial charge on any atom is 0.189 e. The van der Waals surface area contributed by atoms with Crippen LogP contribution in [-0.2, 0) is 0 Å². The van der Waals surface area contributed by atoms with Gasteiger partial charge in [-0.3, -0.25) is 4.79 Å². The molecule has 2 aromatic carbocycles. The van der Waals surface area contributed by atoms with E-state index in [1.54, 1.807) is 12.2 Å². The molecule has 0 saturated heterocycles. The predicted molar refractivity (Wildman–Crippen MR) is 116 cm³/mol. The van der Waals surface area contributed by atoms with E-state index in [2.05, 4.69) is 6.08 Å². The number of allylic oxidation sites excluding steroid dienone is 3. The number of aromatic hydroxyl groups is 2. The van der Waals surface area contributed by atoms with Gasteiger partial charge in [-0.05, 0) is 63.5 Å². The number of carbonyl (C=O) groups excluding carboxylic acids is 1. The van der Waals surface area contributed by atoms with E-state index in [0.29, 0.717) is 5.56 Å². The zero-order chi connectivity index (χ0) is 21.0. The maximum absolute atomic E-state index is 12.6. The van der Waals surface area contributed by atoms with Crippen molar-refractivity contribution in [3.05, 3.63) is 76.9 Å². The van der Waals surface area contributed by atoms with Gasteiger partial charge in [0.15, 0.2) is 17.3 Å². The van der Waals surface area contributed by atoms with E-state index in [0.717, 1.165) is 18.4 Å². The third-order valence-electron chi connectivity index (χ3n) is 4.89. The van der Waals surface area contributed by atoms with Crippen LogP contribution in [0.2, 0.25) is 0 Å². The molecule has 0 amide bonds. The van der Waals surface area contributed by atoms with Gasteiger partial charge in [-0.1, -0.05) is 48.1 Å². The Labute approximate surface area is 171 Å². The van der Waals surface area contributed by atoms with Crippen molar-refractivity contribution in [1.29, 1.82) is 0 Å². The number of ketones is 1. The van der Waals surface area contributed by atoms with Gasteiger partial charge in [-0.2, -0.15) is 0 Å². The summed E-state index contributed by atoms with van der Waals surface area (Å²) < 4.78 is 6.02. The average Bonchev–Trinajstić information content (AvgIpc) is 2.69. The van der Waals surface area contributed by atoms with Crippen LogP contribution >= 0.6 is 0 Å². The largest absolute Gasteiger partial charge is 0.506 e. The number of carbonyl (C=O) groups is 1. The van der Waals surface area contributed by atoms with Crippen LogP contribution in [0.15, 0.2) is 60.2 Å². The van der Waals surface area contributed by atoms with Gasteiger partial charge in [0.2, 0.25) is 0 Å². The van der Waals surface area contributed by atoms with Gasteiger partial charge in [0, 0.05) is 0 Å². The molecule has 1 aliphatic heterocycles. The Bertz CT molecular complexity index is 995. The highest BCUT2D eigenvalue weighted by Crippen LogP contribution is 2.45. The predicted octanol–water partition coefficient (Wildman–Crippen LogP) is 5.90. The van der Waals surface area contributed by atoms with E-state index in [9.17, 15) is 15.0 Å². The molecule has 1 atom stereocenters. The summed E-state index contributed by atoms with van der Waals surface area (Å²) in [7, 11) is 0. The molecule has 150 valence electrons. The van der Waals surface area contributed by atoms with Crippen LogP contribution < -0.4 is 4.74 Å². The average molecular weight is 390 g/mol. The first-order chi connectivity index (χ1) is 13.8. The third kappa shape index (κ3) is 4.77. The Kier molecular flexibility index (Phi) is 5.92. The van der Waals surface area contributed by atoms with Crippen LogP contribution in [-0.4, -0.2) is 21.6 Å². The molecule has 0 saturated carbocycles. The molecule has 1 heterocycles. The van der Waals surface area contributed by atoms with E-state index in [-0.39, 0.29) is 22.8 Å². The molecule has 4 nitrogen and oxygen atoms in total. The number of hydrogen-bond acceptors (Lipinski definition) is 4. The van der Waals surface area contributed by atoms with Gasteiger partial charge < -0.3 is 14.9 Å². The summed E-state index contributed by atoms with van der Waals surface area (Å²) in [5.74, 6) is -0.543. The number of benzene rings is 2. The molecule has 0 aromatic heterocycles. The minimum Gasteiger partial charge on any atom is -0.506 e. The SMILES string of the molecule is CC(C)=CCCC1(C)C=Cc2c(O)c(C(=O)/C=C/c3ccccc3)cc(O)c2O1. The van der Waals surface area contributed by atoms with Crippen LogP contribution in [0.3, 0.4) is 0 Å². The summed E-state index contributed by atoms with van der Waals surface area (Å²) >= 11 is 0. The summed E-state index contributed by atoms with van der Waals surface area (Å²) in [5, 5.41) is 21.1. The fraction of sp³-hybridized carbons (Fsp3) is 0.240. The Hall–Kier alpha value is -3.27. The maximum atomic E-state index is 12.6. The van der Waals surface area contributed by atoms with Crippen molar-refractivity contribution in [2.45, 2.75) is 39.2 Å². The molecule has 3 rings (SSSR count). The summed E-state index contributed by atoms with van der Waals surface area (Å²) in [5.41, 5.74) is 1.87. The number of ether oxygens (including phenoxy) is 1. The molecule has 1 unspecified atom stereocenters. The van der Waals surface area contributed by atoms with Crippen molar-refractivity contribution in [3.63, 3.8) is 0 Å². The van der Waals surface area contributed by atoms with Crippen molar-refractivity contribution < 1.29 is 19.7 Å². The molecule has 2 N–H and O–H groups in total. The number of hydrogen-bond donors (Lipinski definition) is 2. The number of phenolic OH excluding ortho intramolecular Hbond substituents is 2. The third-order valence-corrected chi connectivity index (χ3v) is 4.89. The van der Waals surface area contributed by atoms with Crippen molar-refractivity contribution in [2.75, 3.05) is 0 Å². The van der Waals surface area contributed by atoms with Crippen LogP contribution in [0.25, 0.3) is 12.2 Å². The van der Waals surface area contributed by atoms with E-state index in [1.165, 1.54) is 17.7 Å². The van der Waals surface area contributed by atoms with E-state index < -0.39 is 11.4 Å². The highest BCUT2D eigenvalue weighted by Gasteiger charge is 2.31. The number of rotatable bonds is 6. The first kappa shape index (κ1) is 20.5. The van der Waals surface area contributed by atoms with Gasteiger partial charge in [-0.25, -0.2) is 0 Å². The number of phenols is 2. The fourth-order valence-electron chi connectivity index (χ4n) is 3.25. The lowest BCUT2D eigenvalue weighted by Gasteiger charge is -2.32. The lowest BCUT2D eigenvalue weighted by molar-refractivity contribution is 0.104. The fourth-order valence-corrected chi connectivity index (χ4v) is 3.25. The second kappa shape index (κ2) is 8.39. The van der Waals surface area contributed by atoms with Gasteiger partial charge in [0.05, 0.1) is 11.1 Å². The van der Waals surface area contributed by atoms with Crippen molar-refractivity contribution in [2.24, 2.45) is 0 Å². The topological polar surface area (TPSA) is 66.8 Å². The Morgan fingerprint density at radius 3 is 2.59 bits per heavy atom. The molecule has 0 radical (unpaired) electrons. The van der Waals surface area contributed by atoms with Gasteiger partial charge >= 0.3 is 0 Å². The Morgan fingerprint density at radius 2 is 1.90 bits per heavy atom. The lowest BCUT2D eigenvalue weighted by atomic mass is 9.92. The molecule has 0 bridgehead atoms. The molecule has 0 aliphatic carbocycles. The van der Waals surface area contributed by atoms with Crippen LogP contribution in [0.1, 0.15) is 55.1 Å². The van der Waals surface area contributed by atoms with Gasteiger partial charge in [0.1, 0.15) is 11.4 Å². The summed E-state index contributed by atoms with van der Waals surface area (Å²) in [6.45, 7) is 6.02. The molecule has 1 aliphatic rings. The van der Waals surface area contributed by atoms with E-state index in [1.807, 2.05) is 57.2 Å². The quantitative estimate of drug-likeness (QED) is 0.279. The van der Waals surface area contributed by atoms with Gasteiger partial charge in [-0.15, -0.1) is 0 Å². The smallest absolute Gasteiger partial charge is 0.189 e. The summed E-state index contributed by atoms with van der Waals surface area (Å²) in [4.78, 5) is 12.6. The van der Waals surface area contributed by atoms with Crippen LogP contribution in [0.4, 0.5) is 0 Å². The molecule has 4 heteroatoms. The lowest BCUT2D eigenvalue weighted by Crippen LogP contribution is -2.31. The van der Waals surface area contributed by atoms with Crippen LogP contribution in [0.5, 0.6) is 17.2 Å². The molecule has 29 heavy (non-hydrogen) atoms.